The number of methoxy groups -OCH3 is 1. The Balaban J connectivity index is 2.01. The van der Waals surface area contributed by atoms with Gasteiger partial charge in [-0.25, -0.2) is 9.78 Å². The van der Waals surface area contributed by atoms with Gasteiger partial charge in [-0.1, -0.05) is 20.8 Å². The first-order valence-electron chi connectivity index (χ1n) is 9.54. The molecule has 0 spiro atoms. The molecule has 1 aliphatic rings. The minimum Gasteiger partial charge on any atom is -0.467 e. The SMILES string of the molecule is COC(=O)[C@@]1(C)O[C@@H](n2ccc3c(N)nc(Cl)nc32)CC1O[Si](C)(C)C(C)(C)C. The van der Waals surface area contributed by atoms with Crippen molar-refractivity contribution < 1.29 is 18.7 Å². The number of hydrogen-bond donors (Lipinski definition) is 1. The number of nitrogens with zero attached hydrogens (tertiary/aromatic N) is 3. The molecule has 1 unspecified atom stereocenters. The van der Waals surface area contributed by atoms with E-state index >= 15 is 0 Å². The smallest absolute Gasteiger partial charge is 0.340 e. The number of fused-ring (bicyclic) bond motifs is 1. The third-order valence-electron chi connectivity index (χ3n) is 6.13. The van der Waals surface area contributed by atoms with Crippen LogP contribution in [0.25, 0.3) is 11.0 Å². The first-order valence-corrected chi connectivity index (χ1v) is 12.8. The minimum absolute atomic E-state index is 0.0164. The summed E-state index contributed by atoms with van der Waals surface area (Å²) >= 11 is 6.00. The van der Waals surface area contributed by atoms with E-state index in [0.717, 1.165) is 0 Å². The maximum Gasteiger partial charge on any atom is 0.340 e. The van der Waals surface area contributed by atoms with E-state index < -0.39 is 32.2 Å². The summed E-state index contributed by atoms with van der Waals surface area (Å²) in [6.45, 7) is 12.5. The number of carbonyl (C=O) groups excluding carboxylic acids is 1. The van der Waals surface area contributed by atoms with E-state index in [1.54, 1.807) is 6.92 Å². The minimum atomic E-state index is -2.17. The lowest BCUT2D eigenvalue weighted by Gasteiger charge is -2.41. The van der Waals surface area contributed by atoms with Crippen molar-refractivity contribution in [2.75, 3.05) is 12.8 Å². The van der Waals surface area contributed by atoms with Crippen LogP contribution in [0.1, 0.15) is 40.3 Å². The number of carbonyl (C=O) groups is 1. The zero-order valence-corrected chi connectivity index (χ0v) is 19.7. The summed E-state index contributed by atoms with van der Waals surface area (Å²) in [5.74, 6) is -0.172. The van der Waals surface area contributed by atoms with E-state index in [9.17, 15) is 4.79 Å². The molecule has 3 rings (SSSR count). The van der Waals surface area contributed by atoms with Crippen LogP contribution in [0, 0.1) is 0 Å². The van der Waals surface area contributed by atoms with Crippen LogP contribution in [0.15, 0.2) is 12.3 Å². The maximum atomic E-state index is 12.7. The third kappa shape index (κ3) is 3.76. The van der Waals surface area contributed by atoms with Crippen molar-refractivity contribution in [1.82, 2.24) is 14.5 Å². The van der Waals surface area contributed by atoms with Gasteiger partial charge in [-0.2, -0.15) is 4.98 Å². The van der Waals surface area contributed by atoms with Gasteiger partial charge in [0.15, 0.2) is 13.9 Å². The average molecular weight is 441 g/mol. The van der Waals surface area contributed by atoms with Gasteiger partial charge in [0.2, 0.25) is 5.28 Å². The number of hydrogen-bond acceptors (Lipinski definition) is 7. The lowest BCUT2D eigenvalue weighted by Crippen LogP contribution is -2.53. The van der Waals surface area contributed by atoms with Crippen molar-refractivity contribution in [1.29, 1.82) is 0 Å². The molecule has 0 aromatic carbocycles. The second-order valence-corrected chi connectivity index (χ2v) is 14.2. The van der Waals surface area contributed by atoms with Crippen LogP contribution in [-0.2, 0) is 18.7 Å². The highest BCUT2D eigenvalue weighted by molar-refractivity contribution is 6.74. The molecule has 2 N–H and O–H groups in total. The maximum absolute atomic E-state index is 12.7. The molecule has 2 aromatic rings. The molecule has 0 saturated carbocycles. The summed E-state index contributed by atoms with van der Waals surface area (Å²) in [6.07, 6.45) is 1.32. The largest absolute Gasteiger partial charge is 0.467 e. The first-order chi connectivity index (χ1) is 13.3. The lowest BCUT2D eigenvalue weighted by atomic mass is 9.99. The monoisotopic (exact) mass is 440 g/mol. The van der Waals surface area contributed by atoms with Crippen LogP contribution < -0.4 is 5.73 Å². The zero-order valence-electron chi connectivity index (χ0n) is 17.9. The van der Waals surface area contributed by atoms with E-state index in [1.807, 2.05) is 16.8 Å². The molecule has 1 saturated heterocycles. The van der Waals surface area contributed by atoms with Crippen LogP contribution >= 0.6 is 11.6 Å². The van der Waals surface area contributed by atoms with E-state index in [-0.39, 0.29) is 10.3 Å². The van der Waals surface area contributed by atoms with Gasteiger partial charge in [0.25, 0.3) is 0 Å². The van der Waals surface area contributed by atoms with Gasteiger partial charge in [-0.05, 0) is 42.7 Å². The fourth-order valence-corrected chi connectivity index (χ4v) is 4.88. The highest BCUT2D eigenvalue weighted by Crippen LogP contribution is 2.45. The van der Waals surface area contributed by atoms with Gasteiger partial charge in [0, 0.05) is 12.6 Å². The van der Waals surface area contributed by atoms with Crippen LogP contribution in [-0.4, -0.2) is 47.6 Å². The molecule has 1 fully saturated rings. The van der Waals surface area contributed by atoms with Crippen molar-refractivity contribution in [3.8, 4) is 0 Å². The molecular weight excluding hydrogens is 412 g/mol. The topological polar surface area (TPSA) is 101 Å². The van der Waals surface area contributed by atoms with E-state index in [0.29, 0.717) is 23.3 Å². The average Bonchev–Trinajstić information content (AvgIpc) is 3.15. The zero-order chi connectivity index (χ0) is 21.8. The van der Waals surface area contributed by atoms with Crippen LogP contribution in [0.2, 0.25) is 23.4 Å². The van der Waals surface area contributed by atoms with Crippen molar-refractivity contribution >= 4 is 42.7 Å². The quantitative estimate of drug-likeness (QED) is 0.436. The molecule has 0 aliphatic carbocycles. The molecule has 3 atom stereocenters. The van der Waals surface area contributed by atoms with E-state index in [1.165, 1.54) is 7.11 Å². The molecule has 8 nitrogen and oxygen atoms in total. The molecule has 29 heavy (non-hydrogen) atoms. The summed E-state index contributed by atoms with van der Waals surface area (Å²) < 4.78 is 19.7. The Bertz CT molecular complexity index is 942. The van der Waals surface area contributed by atoms with Crippen molar-refractivity contribution in [3.05, 3.63) is 17.5 Å². The van der Waals surface area contributed by atoms with Gasteiger partial charge in [-0.15, -0.1) is 0 Å². The summed E-state index contributed by atoms with van der Waals surface area (Å²) in [4.78, 5) is 21.0. The molecule has 160 valence electrons. The Hall–Kier alpha value is -1.68. The van der Waals surface area contributed by atoms with Gasteiger partial charge < -0.3 is 24.2 Å². The molecule has 2 aromatic heterocycles. The number of aromatic nitrogens is 3. The predicted octanol–water partition coefficient (Wildman–Crippen LogP) is 3.91. The Morgan fingerprint density at radius 2 is 2.07 bits per heavy atom. The summed E-state index contributed by atoms with van der Waals surface area (Å²) in [5.41, 5.74) is 5.27. The number of rotatable bonds is 4. The van der Waals surface area contributed by atoms with Crippen molar-refractivity contribution in [3.63, 3.8) is 0 Å². The highest BCUT2D eigenvalue weighted by atomic mass is 35.5. The Labute approximate surface area is 176 Å². The van der Waals surface area contributed by atoms with Crippen LogP contribution in [0.4, 0.5) is 5.82 Å². The Morgan fingerprint density at radius 3 is 2.66 bits per heavy atom. The van der Waals surface area contributed by atoms with Crippen molar-refractivity contribution in [2.45, 2.75) is 70.2 Å². The Kier molecular flexibility index (Phi) is 5.48. The van der Waals surface area contributed by atoms with Crippen molar-refractivity contribution in [2.24, 2.45) is 0 Å². The van der Waals surface area contributed by atoms with E-state index in [4.69, 9.17) is 31.2 Å². The van der Waals surface area contributed by atoms with E-state index in [2.05, 4.69) is 43.8 Å². The molecule has 3 heterocycles. The number of esters is 1. The van der Waals surface area contributed by atoms with Crippen LogP contribution in [0.5, 0.6) is 0 Å². The number of anilines is 1. The summed E-state index contributed by atoms with van der Waals surface area (Å²) in [5, 5.41) is 0.710. The third-order valence-corrected chi connectivity index (χ3v) is 10.8. The summed E-state index contributed by atoms with van der Waals surface area (Å²) in [6, 6.07) is 1.81. The number of halogens is 1. The first kappa shape index (κ1) is 22.0. The summed E-state index contributed by atoms with van der Waals surface area (Å²) in [7, 11) is -0.814. The second kappa shape index (κ2) is 7.23. The number of ether oxygens (including phenoxy) is 2. The Morgan fingerprint density at radius 1 is 1.41 bits per heavy atom. The molecule has 0 bridgehead atoms. The fraction of sp³-hybridized carbons (Fsp3) is 0.632. The highest BCUT2D eigenvalue weighted by Gasteiger charge is 2.56. The molecular formula is C19H29ClN4O4Si. The molecule has 0 radical (unpaired) electrons. The predicted molar refractivity (Wildman–Crippen MR) is 114 cm³/mol. The molecule has 1 aliphatic heterocycles. The van der Waals surface area contributed by atoms with Gasteiger partial charge in [0.1, 0.15) is 17.7 Å². The normalized spacial score (nSPS) is 25.5. The molecule has 10 heteroatoms. The fourth-order valence-electron chi connectivity index (χ4n) is 3.32. The number of nitrogen functional groups attached to an aromatic ring is 1. The lowest BCUT2D eigenvalue weighted by molar-refractivity contribution is -0.175. The van der Waals surface area contributed by atoms with Gasteiger partial charge in [0.05, 0.1) is 18.6 Å². The number of nitrogens with two attached hydrogens (primary N) is 1. The standard InChI is InChI=1S/C19H29ClN4O4Si/c1-18(2,3)29(6,7)28-12-10-13(27-19(12,4)16(25)26-5)24-9-8-11-14(21)22-17(20)23-15(11)24/h8-9,12-13H,10H2,1-7H3,(H2,21,22,23)/t12?,13-,19+/m1/s1. The molecule has 0 amide bonds. The second-order valence-electron chi connectivity index (χ2n) is 9.11. The van der Waals surface area contributed by atoms with Gasteiger partial charge >= 0.3 is 5.97 Å². The van der Waals surface area contributed by atoms with Crippen LogP contribution in [0.3, 0.4) is 0 Å². The van der Waals surface area contributed by atoms with Gasteiger partial charge in [-0.3, -0.25) is 0 Å².